The Morgan fingerprint density at radius 2 is 2.25 bits per heavy atom. The van der Waals surface area contributed by atoms with E-state index in [2.05, 4.69) is 5.32 Å². The predicted molar refractivity (Wildman–Crippen MR) is 73.4 cm³/mol. The van der Waals surface area contributed by atoms with Crippen LogP contribution < -0.4 is 15.8 Å². The molecule has 0 amide bonds. The van der Waals surface area contributed by atoms with Gasteiger partial charge in [-0.2, -0.15) is 0 Å². The molecular weight excluding hydrogens is 265 g/mol. The molecule has 1 aliphatic rings. The summed E-state index contributed by atoms with van der Waals surface area (Å²) >= 11 is 0. The van der Waals surface area contributed by atoms with Gasteiger partial charge in [0.1, 0.15) is 0 Å². The summed E-state index contributed by atoms with van der Waals surface area (Å²) in [6.45, 7) is 2.29. The third-order valence-corrected chi connectivity index (χ3v) is 3.79. The zero-order valence-electron chi connectivity index (χ0n) is 11.5. The van der Waals surface area contributed by atoms with E-state index in [1.165, 1.54) is 13.2 Å². The van der Waals surface area contributed by atoms with Crippen LogP contribution in [0.15, 0.2) is 12.1 Å². The Hall–Kier alpha value is -1.89. The Morgan fingerprint density at radius 1 is 1.60 bits per heavy atom. The zero-order valence-corrected chi connectivity index (χ0v) is 11.5. The van der Waals surface area contributed by atoms with Crippen LogP contribution in [-0.2, 0) is 0 Å². The lowest BCUT2D eigenvalue weighted by atomic mass is 9.95. The van der Waals surface area contributed by atoms with Crippen LogP contribution in [0, 0.1) is 21.8 Å². The van der Waals surface area contributed by atoms with Crippen molar-refractivity contribution in [3.8, 4) is 5.75 Å². The number of hydrogen-bond donors (Lipinski definition) is 2. The summed E-state index contributed by atoms with van der Waals surface area (Å²) in [6.07, 6.45) is 2.10. The van der Waals surface area contributed by atoms with E-state index in [1.54, 1.807) is 0 Å². The van der Waals surface area contributed by atoms with E-state index in [4.69, 9.17) is 10.5 Å². The van der Waals surface area contributed by atoms with Crippen molar-refractivity contribution in [3.63, 3.8) is 0 Å². The lowest BCUT2D eigenvalue weighted by Crippen LogP contribution is -2.44. The molecule has 1 saturated carbocycles. The lowest BCUT2D eigenvalue weighted by molar-refractivity contribution is -0.385. The Labute approximate surface area is 116 Å². The highest BCUT2D eigenvalue weighted by molar-refractivity contribution is 5.60. The van der Waals surface area contributed by atoms with Gasteiger partial charge in [-0.3, -0.25) is 10.1 Å². The average Bonchev–Trinajstić information content (AvgIpc) is 3.25. The first-order valence-corrected chi connectivity index (χ1v) is 6.41. The van der Waals surface area contributed by atoms with Crippen LogP contribution in [0.1, 0.15) is 19.8 Å². The van der Waals surface area contributed by atoms with Gasteiger partial charge in [0.05, 0.1) is 23.8 Å². The number of benzene rings is 1. The van der Waals surface area contributed by atoms with Crippen LogP contribution in [-0.4, -0.2) is 24.1 Å². The third-order valence-electron chi connectivity index (χ3n) is 3.79. The van der Waals surface area contributed by atoms with Crippen LogP contribution >= 0.6 is 0 Å². The molecule has 1 aromatic carbocycles. The van der Waals surface area contributed by atoms with E-state index in [-0.39, 0.29) is 11.4 Å². The number of rotatable bonds is 6. The first-order chi connectivity index (χ1) is 9.41. The van der Waals surface area contributed by atoms with Crippen LogP contribution in [0.2, 0.25) is 0 Å². The highest BCUT2D eigenvalue weighted by atomic mass is 19.1. The number of methoxy groups -OCH3 is 1. The van der Waals surface area contributed by atoms with Gasteiger partial charge in [0.15, 0.2) is 11.6 Å². The van der Waals surface area contributed by atoms with E-state index in [0.717, 1.165) is 18.9 Å². The minimum atomic E-state index is -0.683. The highest BCUT2D eigenvalue weighted by Crippen LogP contribution is 2.42. The van der Waals surface area contributed by atoms with Gasteiger partial charge in [-0.25, -0.2) is 4.39 Å². The second-order valence-corrected chi connectivity index (χ2v) is 5.28. The zero-order chi connectivity index (χ0) is 14.9. The van der Waals surface area contributed by atoms with Crippen molar-refractivity contribution in [2.24, 2.45) is 11.7 Å². The maximum atomic E-state index is 14.0. The molecule has 110 valence electrons. The molecule has 0 bridgehead atoms. The van der Waals surface area contributed by atoms with Gasteiger partial charge in [0, 0.05) is 18.2 Å². The van der Waals surface area contributed by atoms with Gasteiger partial charge in [-0.05, 0) is 25.7 Å². The summed E-state index contributed by atoms with van der Waals surface area (Å²) in [4.78, 5) is 10.2. The van der Waals surface area contributed by atoms with Crippen molar-refractivity contribution in [2.75, 3.05) is 19.0 Å². The molecule has 20 heavy (non-hydrogen) atoms. The quantitative estimate of drug-likeness (QED) is 0.617. The molecule has 3 N–H and O–H groups in total. The molecule has 0 spiro atoms. The number of hydrogen-bond acceptors (Lipinski definition) is 5. The number of nitro benzene ring substituents is 1. The Balaban J connectivity index is 2.34. The first-order valence-electron chi connectivity index (χ1n) is 6.41. The summed E-state index contributed by atoms with van der Waals surface area (Å²) in [5.41, 5.74) is 5.14. The molecule has 0 aliphatic heterocycles. The van der Waals surface area contributed by atoms with Crippen molar-refractivity contribution in [1.29, 1.82) is 0 Å². The number of nitro groups is 1. The van der Waals surface area contributed by atoms with Crippen molar-refractivity contribution in [3.05, 3.63) is 28.1 Å². The van der Waals surface area contributed by atoms with E-state index in [1.807, 2.05) is 6.92 Å². The van der Waals surface area contributed by atoms with E-state index < -0.39 is 22.0 Å². The van der Waals surface area contributed by atoms with Crippen LogP contribution in [0.5, 0.6) is 5.75 Å². The number of nitrogens with one attached hydrogen (secondary N) is 1. The molecule has 0 radical (unpaired) electrons. The number of anilines is 1. The maximum absolute atomic E-state index is 14.0. The van der Waals surface area contributed by atoms with Gasteiger partial charge in [0.2, 0.25) is 0 Å². The van der Waals surface area contributed by atoms with Crippen molar-refractivity contribution in [1.82, 2.24) is 0 Å². The van der Waals surface area contributed by atoms with Crippen molar-refractivity contribution < 1.29 is 14.1 Å². The van der Waals surface area contributed by atoms with Crippen molar-refractivity contribution in [2.45, 2.75) is 25.3 Å². The fourth-order valence-electron chi connectivity index (χ4n) is 2.29. The normalized spacial score (nSPS) is 17.4. The van der Waals surface area contributed by atoms with Crippen molar-refractivity contribution >= 4 is 11.4 Å². The molecule has 1 aliphatic carbocycles. The molecule has 1 unspecified atom stereocenters. The summed E-state index contributed by atoms with van der Waals surface area (Å²) in [5.74, 6) is -0.264. The molecule has 1 atom stereocenters. The Kier molecular flexibility index (Phi) is 3.80. The third kappa shape index (κ3) is 2.67. The maximum Gasteiger partial charge on any atom is 0.313 e. The summed E-state index contributed by atoms with van der Waals surface area (Å²) in [5, 5.41) is 13.9. The number of halogens is 1. The van der Waals surface area contributed by atoms with Crippen LogP contribution in [0.25, 0.3) is 0 Å². The fraction of sp³-hybridized carbons (Fsp3) is 0.538. The predicted octanol–water partition coefficient (Wildman–Crippen LogP) is 2.28. The summed E-state index contributed by atoms with van der Waals surface area (Å²) in [6, 6.07) is 2.18. The van der Waals surface area contributed by atoms with E-state index >= 15 is 0 Å². The minimum Gasteiger partial charge on any atom is -0.490 e. The molecule has 6 nitrogen and oxygen atoms in total. The summed E-state index contributed by atoms with van der Waals surface area (Å²) < 4.78 is 19.0. The summed E-state index contributed by atoms with van der Waals surface area (Å²) in [7, 11) is 1.31. The second-order valence-electron chi connectivity index (χ2n) is 5.28. The van der Waals surface area contributed by atoms with E-state index in [0.29, 0.717) is 12.5 Å². The highest BCUT2D eigenvalue weighted by Gasteiger charge is 2.41. The number of nitrogens with zero attached hydrogens (tertiary/aromatic N) is 1. The number of ether oxygens (including phenoxy) is 1. The lowest BCUT2D eigenvalue weighted by Gasteiger charge is -2.31. The number of nitrogens with two attached hydrogens (primary N) is 1. The standard InChI is InChI=1S/C13H18FN3O3/c1-13(7-15,8-3-4-8)16-10-6-12(20-2)11(17(18)19)5-9(10)14/h5-6,8,16H,3-4,7,15H2,1-2H3. The topological polar surface area (TPSA) is 90.4 Å². The van der Waals surface area contributed by atoms with Crippen LogP contribution in [0.3, 0.4) is 0 Å². The smallest absolute Gasteiger partial charge is 0.313 e. The molecular formula is C13H18FN3O3. The molecule has 0 heterocycles. The molecule has 1 aromatic rings. The molecule has 1 fully saturated rings. The van der Waals surface area contributed by atoms with Gasteiger partial charge < -0.3 is 15.8 Å². The Morgan fingerprint density at radius 3 is 2.70 bits per heavy atom. The van der Waals surface area contributed by atoms with Gasteiger partial charge >= 0.3 is 5.69 Å². The Bertz CT molecular complexity index is 534. The fourth-order valence-corrected chi connectivity index (χ4v) is 2.29. The molecule has 0 saturated heterocycles. The largest absolute Gasteiger partial charge is 0.490 e. The van der Waals surface area contributed by atoms with Gasteiger partial charge in [-0.15, -0.1) is 0 Å². The SMILES string of the molecule is COc1cc(NC(C)(CN)C2CC2)c(F)cc1[N+](=O)[O-]. The van der Waals surface area contributed by atoms with Gasteiger partial charge in [-0.1, -0.05) is 0 Å². The molecule has 2 rings (SSSR count). The minimum absolute atomic E-state index is 0.0223. The second kappa shape index (κ2) is 5.24. The average molecular weight is 283 g/mol. The molecule has 0 aromatic heterocycles. The first kappa shape index (κ1) is 14.5. The van der Waals surface area contributed by atoms with Crippen LogP contribution in [0.4, 0.5) is 15.8 Å². The van der Waals surface area contributed by atoms with Gasteiger partial charge in [0.25, 0.3) is 0 Å². The van der Waals surface area contributed by atoms with E-state index in [9.17, 15) is 14.5 Å². The monoisotopic (exact) mass is 283 g/mol. The molecule has 7 heteroatoms.